The van der Waals surface area contributed by atoms with Gasteiger partial charge in [0.25, 0.3) is 0 Å². The highest BCUT2D eigenvalue weighted by molar-refractivity contribution is 7.86. The minimum absolute atomic E-state index is 0.0405. The predicted octanol–water partition coefficient (Wildman–Crippen LogP) is 3.48. The third kappa shape index (κ3) is 3.51. The maximum atomic E-state index is 12.1. The molecule has 0 N–H and O–H groups in total. The van der Waals surface area contributed by atoms with Crippen LogP contribution in [0.15, 0.2) is 24.4 Å². The lowest BCUT2D eigenvalue weighted by atomic mass is 9.94. The monoisotopic (exact) mass is 331 g/mol. The van der Waals surface area contributed by atoms with E-state index < -0.39 is 23.6 Å². The third-order valence-electron chi connectivity index (χ3n) is 3.97. The molecule has 0 aromatic carbocycles. The van der Waals surface area contributed by atoms with Crippen LogP contribution in [0.1, 0.15) is 31.2 Å². The highest BCUT2D eigenvalue weighted by Gasteiger charge is 2.33. The first-order chi connectivity index (χ1) is 10.4. The molecule has 0 amide bonds. The highest BCUT2D eigenvalue weighted by Crippen LogP contribution is 2.37. The molecule has 3 unspecified atom stereocenters. The van der Waals surface area contributed by atoms with Crippen LogP contribution < -0.4 is 4.74 Å². The van der Waals surface area contributed by atoms with E-state index in [0.717, 1.165) is 36.8 Å². The summed E-state index contributed by atoms with van der Waals surface area (Å²) in [6.07, 6.45) is 2.96. The van der Waals surface area contributed by atoms with E-state index in [9.17, 15) is 17.4 Å². The minimum Gasteiger partial charge on any atom is -0.468 e. The van der Waals surface area contributed by atoms with Gasteiger partial charge >= 0.3 is 6.18 Å². The summed E-state index contributed by atoms with van der Waals surface area (Å²) in [4.78, 5) is 3.93. The number of ether oxygens (including phenoxy) is 1. The van der Waals surface area contributed by atoms with Gasteiger partial charge in [0.2, 0.25) is 5.88 Å². The second kappa shape index (κ2) is 6.02. The average Bonchev–Trinajstić information content (AvgIpc) is 2.45. The van der Waals surface area contributed by atoms with Crippen molar-refractivity contribution in [2.45, 2.75) is 42.4 Å². The molecule has 0 saturated carbocycles. The van der Waals surface area contributed by atoms with E-state index in [1.807, 2.05) is 6.08 Å². The van der Waals surface area contributed by atoms with E-state index in [2.05, 4.69) is 9.72 Å². The van der Waals surface area contributed by atoms with Gasteiger partial charge in [0.05, 0.1) is 5.25 Å². The molecule has 0 spiro atoms. The smallest absolute Gasteiger partial charge is 0.422 e. The number of fused-ring (bicyclic) bond motifs is 2. The first kappa shape index (κ1) is 15.5. The topological polar surface area (TPSA) is 39.2 Å². The van der Waals surface area contributed by atoms with E-state index in [1.165, 1.54) is 12.3 Å². The fourth-order valence-electron chi connectivity index (χ4n) is 2.92. The first-order valence-electron chi connectivity index (χ1n) is 7.18. The summed E-state index contributed by atoms with van der Waals surface area (Å²) in [6, 6.07) is 3.16. The Morgan fingerprint density at radius 2 is 2.14 bits per heavy atom. The lowest BCUT2D eigenvalue weighted by molar-refractivity contribution is -0.154. The van der Waals surface area contributed by atoms with Gasteiger partial charge in [-0.25, -0.2) is 4.98 Å². The number of hydrogen-bond acceptors (Lipinski definition) is 3. The van der Waals surface area contributed by atoms with Crippen LogP contribution >= 0.6 is 0 Å². The third-order valence-corrected chi connectivity index (χ3v) is 6.00. The molecule has 3 heterocycles. The molecule has 3 nitrogen and oxygen atoms in total. The Hall–Kier alpha value is -1.37. The summed E-state index contributed by atoms with van der Waals surface area (Å²) in [6.45, 7) is -1.34. The van der Waals surface area contributed by atoms with Crippen LogP contribution in [0.25, 0.3) is 5.57 Å². The molecule has 3 atom stereocenters. The fraction of sp³-hybridized carbons (Fsp3) is 0.533. The number of nitrogens with zero attached hydrogens (tertiary/aromatic N) is 1. The molecule has 0 aliphatic carbocycles. The number of hydrogen-bond donors (Lipinski definition) is 0. The van der Waals surface area contributed by atoms with Gasteiger partial charge in [0.15, 0.2) is 6.61 Å². The summed E-state index contributed by atoms with van der Waals surface area (Å²) >= 11 is 0. The summed E-state index contributed by atoms with van der Waals surface area (Å²) < 4.78 is 53.0. The van der Waals surface area contributed by atoms with E-state index in [1.54, 1.807) is 6.07 Å². The normalized spacial score (nSPS) is 28.1. The molecule has 1 fully saturated rings. The van der Waals surface area contributed by atoms with Crippen LogP contribution in [0.5, 0.6) is 5.88 Å². The first-order valence-corrected chi connectivity index (χ1v) is 8.46. The van der Waals surface area contributed by atoms with Crippen molar-refractivity contribution in [3.8, 4) is 5.88 Å². The van der Waals surface area contributed by atoms with Crippen molar-refractivity contribution in [2.75, 3.05) is 6.61 Å². The Labute approximate surface area is 129 Å². The molecule has 1 saturated heterocycles. The predicted molar refractivity (Wildman–Crippen MR) is 78.0 cm³/mol. The lowest BCUT2D eigenvalue weighted by Gasteiger charge is -2.32. The molecular formula is C15H16F3NO2S. The highest BCUT2D eigenvalue weighted by atomic mass is 32.2. The number of aromatic nitrogens is 1. The number of alkyl halides is 3. The number of pyridine rings is 1. The zero-order chi connectivity index (χ0) is 15.7. The van der Waals surface area contributed by atoms with E-state index in [-0.39, 0.29) is 16.4 Å². The summed E-state index contributed by atoms with van der Waals surface area (Å²) in [5, 5.41) is 0.295. The van der Waals surface area contributed by atoms with Crippen molar-refractivity contribution in [2.24, 2.45) is 0 Å². The molecule has 120 valence electrons. The van der Waals surface area contributed by atoms with Gasteiger partial charge in [-0.2, -0.15) is 13.2 Å². The summed E-state index contributed by atoms with van der Waals surface area (Å²) in [5.41, 5.74) is 1.96. The lowest BCUT2D eigenvalue weighted by Crippen LogP contribution is -2.33. The van der Waals surface area contributed by atoms with Gasteiger partial charge in [0, 0.05) is 28.3 Å². The van der Waals surface area contributed by atoms with Gasteiger partial charge < -0.3 is 4.74 Å². The van der Waals surface area contributed by atoms with Gasteiger partial charge in [-0.3, -0.25) is 4.21 Å². The van der Waals surface area contributed by atoms with Crippen molar-refractivity contribution >= 4 is 16.4 Å². The van der Waals surface area contributed by atoms with Gasteiger partial charge in [-0.1, -0.05) is 12.5 Å². The van der Waals surface area contributed by atoms with Crippen LogP contribution in [0.3, 0.4) is 0 Å². The number of allylic oxidation sites excluding steroid dienone is 1. The Morgan fingerprint density at radius 1 is 1.32 bits per heavy atom. The summed E-state index contributed by atoms with van der Waals surface area (Å²) in [5.74, 6) is -0.0405. The molecule has 3 rings (SSSR count). The van der Waals surface area contributed by atoms with Crippen LogP contribution in [-0.4, -0.2) is 32.5 Å². The van der Waals surface area contributed by atoms with E-state index in [0.29, 0.717) is 0 Å². The molecule has 2 bridgehead atoms. The van der Waals surface area contributed by atoms with Crippen molar-refractivity contribution in [3.05, 3.63) is 30.0 Å². The number of rotatable bonds is 3. The molecule has 22 heavy (non-hydrogen) atoms. The van der Waals surface area contributed by atoms with Crippen LogP contribution in [0.2, 0.25) is 0 Å². The van der Waals surface area contributed by atoms with E-state index in [4.69, 9.17) is 0 Å². The molecule has 7 heteroatoms. The zero-order valence-electron chi connectivity index (χ0n) is 11.8. The Kier molecular flexibility index (Phi) is 4.25. The Morgan fingerprint density at radius 3 is 2.77 bits per heavy atom. The van der Waals surface area contributed by atoms with Crippen LogP contribution in [0.4, 0.5) is 13.2 Å². The van der Waals surface area contributed by atoms with Gasteiger partial charge in [-0.05, 0) is 36.5 Å². The maximum absolute atomic E-state index is 12.1. The van der Waals surface area contributed by atoms with Crippen LogP contribution in [-0.2, 0) is 10.8 Å². The zero-order valence-corrected chi connectivity index (χ0v) is 12.6. The standard InChI is InChI=1S/C15H16F3NO2S/c16-15(17,18)9-21-14-5-4-10(8-19-14)11-6-12-2-1-3-13(7-11)22(12)20/h4-6,8,12-13H,1-3,7,9H2. The average molecular weight is 331 g/mol. The largest absolute Gasteiger partial charge is 0.468 e. The van der Waals surface area contributed by atoms with Gasteiger partial charge in [0.1, 0.15) is 0 Å². The molecule has 0 radical (unpaired) electrons. The van der Waals surface area contributed by atoms with Crippen molar-refractivity contribution in [3.63, 3.8) is 0 Å². The molecular weight excluding hydrogens is 315 g/mol. The molecule has 1 aromatic heterocycles. The Balaban J connectivity index is 1.72. The fourth-order valence-corrected chi connectivity index (χ4v) is 4.86. The van der Waals surface area contributed by atoms with Gasteiger partial charge in [-0.15, -0.1) is 0 Å². The van der Waals surface area contributed by atoms with Crippen LogP contribution in [0, 0.1) is 0 Å². The maximum Gasteiger partial charge on any atom is 0.422 e. The molecule has 1 aromatic rings. The van der Waals surface area contributed by atoms with Crippen molar-refractivity contribution in [1.29, 1.82) is 0 Å². The van der Waals surface area contributed by atoms with Crippen molar-refractivity contribution < 1.29 is 22.1 Å². The molecule has 2 aliphatic rings. The second-order valence-corrected chi connectivity index (χ2v) is 7.53. The summed E-state index contributed by atoms with van der Waals surface area (Å²) in [7, 11) is -0.794. The van der Waals surface area contributed by atoms with Crippen molar-refractivity contribution in [1.82, 2.24) is 4.98 Å². The number of halogens is 3. The Bertz CT molecular complexity index is 598. The SMILES string of the molecule is O=S1C2C=C(c3ccc(OCC(F)(F)F)nc3)CC1CCC2. The minimum atomic E-state index is -4.37. The molecule has 2 aliphatic heterocycles. The second-order valence-electron chi connectivity index (χ2n) is 5.60. The van der Waals surface area contributed by atoms with E-state index >= 15 is 0 Å². The quantitative estimate of drug-likeness (QED) is 0.851.